The Morgan fingerprint density at radius 3 is 1.08 bits per heavy atom. The smallest absolute Gasteiger partial charge is 0.338 e. The van der Waals surface area contributed by atoms with E-state index in [0.717, 1.165) is 24.3 Å². The van der Waals surface area contributed by atoms with E-state index < -0.39 is 46.6 Å². The van der Waals surface area contributed by atoms with E-state index in [4.69, 9.17) is 9.47 Å². The van der Waals surface area contributed by atoms with Gasteiger partial charge < -0.3 is 9.47 Å². The van der Waals surface area contributed by atoms with E-state index in [1.54, 1.807) is 0 Å². The van der Waals surface area contributed by atoms with Crippen LogP contribution in [0.1, 0.15) is 41.4 Å². The average molecular weight is 492 g/mol. The number of ketones is 2. The van der Waals surface area contributed by atoms with Crippen molar-refractivity contribution in [2.45, 2.75) is 0 Å². The van der Waals surface area contributed by atoms with Crippen LogP contribution in [0.3, 0.4) is 0 Å². The van der Waals surface area contributed by atoms with Crippen molar-refractivity contribution >= 4 is 34.9 Å². The van der Waals surface area contributed by atoms with E-state index >= 15 is 0 Å². The Labute approximate surface area is 202 Å². The van der Waals surface area contributed by atoms with Crippen molar-refractivity contribution in [1.29, 1.82) is 0 Å². The summed E-state index contributed by atoms with van der Waals surface area (Å²) < 4.78 is 9.90. The zero-order valence-electron chi connectivity index (χ0n) is 18.3. The highest BCUT2D eigenvalue weighted by Gasteiger charge is 2.16. The fourth-order valence-corrected chi connectivity index (χ4v) is 2.88. The molecule has 0 spiro atoms. The number of rotatable bonds is 10. The summed E-state index contributed by atoms with van der Waals surface area (Å²) in [7, 11) is 0. The van der Waals surface area contributed by atoms with E-state index in [9.17, 15) is 39.4 Å². The van der Waals surface area contributed by atoms with Crippen LogP contribution in [-0.4, -0.2) is 46.6 Å². The quantitative estimate of drug-likeness (QED) is 0.176. The third kappa shape index (κ3) is 6.41. The van der Waals surface area contributed by atoms with E-state index in [2.05, 4.69) is 0 Å². The molecule has 0 aliphatic rings. The third-order valence-corrected chi connectivity index (χ3v) is 4.83. The van der Waals surface area contributed by atoms with Gasteiger partial charge in [0.2, 0.25) is 0 Å². The molecule has 0 amide bonds. The van der Waals surface area contributed by atoms with Gasteiger partial charge in [-0.1, -0.05) is 0 Å². The lowest BCUT2D eigenvalue weighted by Gasteiger charge is -2.07. The third-order valence-electron chi connectivity index (χ3n) is 4.83. The minimum atomic E-state index is -0.835. The molecular formula is C24H16N2O10. The number of hydrogen-bond donors (Lipinski definition) is 0. The van der Waals surface area contributed by atoms with Crippen molar-refractivity contribution < 1.29 is 38.5 Å². The maximum atomic E-state index is 12.2. The second-order valence-corrected chi connectivity index (χ2v) is 7.18. The Kier molecular flexibility index (Phi) is 7.92. The monoisotopic (exact) mass is 492 g/mol. The lowest BCUT2D eigenvalue weighted by atomic mass is 10.1. The summed E-state index contributed by atoms with van der Waals surface area (Å²) in [5.41, 5.74) is -0.00436. The first-order chi connectivity index (χ1) is 17.2. The van der Waals surface area contributed by atoms with Gasteiger partial charge in [-0.05, 0) is 48.5 Å². The minimum Gasteiger partial charge on any atom is -0.454 e. The SMILES string of the molecule is O=C(COC(=O)c1ccc(C(=O)OCC(=O)c2ccc([N+](=O)[O-])cc2)cc1)c1ccc([N+](=O)[O-])cc1. The number of non-ortho nitro benzene ring substituents is 2. The molecule has 36 heavy (non-hydrogen) atoms. The number of esters is 2. The molecule has 0 heterocycles. The molecule has 0 radical (unpaired) electrons. The van der Waals surface area contributed by atoms with Gasteiger partial charge in [-0.3, -0.25) is 29.8 Å². The van der Waals surface area contributed by atoms with Gasteiger partial charge in [-0.15, -0.1) is 0 Å². The largest absolute Gasteiger partial charge is 0.454 e. The molecule has 0 saturated heterocycles. The van der Waals surface area contributed by atoms with Crippen molar-refractivity contribution in [2.75, 3.05) is 13.2 Å². The van der Waals surface area contributed by atoms with Gasteiger partial charge >= 0.3 is 11.9 Å². The highest BCUT2D eigenvalue weighted by molar-refractivity contribution is 6.01. The zero-order valence-corrected chi connectivity index (χ0v) is 18.3. The predicted molar refractivity (Wildman–Crippen MR) is 122 cm³/mol. The standard InChI is InChI=1S/C24H16N2O10/c27-21(15-5-9-19(10-6-15)25(31)32)13-35-23(29)17-1-2-18(4-3-17)24(30)36-14-22(28)16-7-11-20(12-8-16)26(33)34/h1-12H,13-14H2. The van der Waals surface area contributed by atoms with Crippen LogP contribution in [0.5, 0.6) is 0 Å². The molecule has 3 aromatic carbocycles. The van der Waals surface area contributed by atoms with Crippen LogP contribution in [0.2, 0.25) is 0 Å². The van der Waals surface area contributed by atoms with Crippen LogP contribution in [0.25, 0.3) is 0 Å². The van der Waals surface area contributed by atoms with Gasteiger partial charge in [0, 0.05) is 35.4 Å². The average Bonchev–Trinajstić information content (AvgIpc) is 2.90. The topological polar surface area (TPSA) is 173 Å². The highest BCUT2D eigenvalue weighted by Crippen LogP contribution is 2.14. The first kappa shape index (κ1) is 25.4. The molecule has 182 valence electrons. The second-order valence-electron chi connectivity index (χ2n) is 7.18. The van der Waals surface area contributed by atoms with Gasteiger partial charge in [0.25, 0.3) is 11.4 Å². The van der Waals surface area contributed by atoms with Crippen LogP contribution >= 0.6 is 0 Å². The summed E-state index contributed by atoms with van der Waals surface area (Å²) in [5.74, 6) is -2.79. The molecule has 0 aliphatic carbocycles. The number of nitrogens with zero attached hydrogens (tertiary/aromatic N) is 2. The van der Waals surface area contributed by atoms with Crippen molar-refractivity contribution in [2.24, 2.45) is 0 Å². The molecule has 0 saturated carbocycles. The summed E-state index contributed by atoms with van der Waals surface area (Å²) in [6, 6.07) is 14.7. The molecule has 12 nitrogen and oxygen atoms in total. The summed E-state index contributed by atoms with van der Waals surface area (Å²) in [4.78, 5) is 68.7. The molecule has 3 rings (SSSR count). The van der Waals surface area contributed by atoms with Crippen LogP contribution in [0, 0.1) is 20.2 Å². The van der Waals surface area contributed by atoms with Crippen molar-refractivity contribution in [3.8, 4) is 0 Å². The van der Waals surface area contributed by atoms with Crippen molar-refractivity contribution in [3.05, 3.63) is 115 Å². The Morgan fingerprint density at radius 2 is 0.806 bits per heavy atom. The van der Waals surface area contributed by atoms with E-state index in [0.29, 0.717) is 0 Å². The lowest BCUT2D eigenvalue weighted by molar-refractivity contribution is -0.385. The van der Waals surface area contributed by atoms with Crippen molar-refractivity contribution in [3.63, 3.8) is 0 Å². The van der Waals surface area contributed by atoms with Gasteiger partial charge in [0.05, 0.1) is 21.0 Å². The minimum absolute atomic E-state index is 0.0463. The number of benzene rings is 3. The van der Waals surface area contributed by atoms with Crippen LogP contribution in [0.4, 0.5) is 11.4 Å². The molecule has 0 aromatic heterocycles. The second kappa shape index (κ2) is 11.2. The van der Waals surface area contributed by atoms with E-state index in [-0.39, 0.29) is 33.6 Å². The van der Waals surface area contributed by atoms with E-state index in [1.807, 2.05) is 0 Å². The molecule has 0 atom stereocenters. The van der Waals surface area contributed by atoms with Crippen molar-refractivity contribution in [1.82, 2.24) is 0 Å². The molecule has 0 bridgehead atoms. The summed E-state index contributed by atoms with van der Waals surface area (Å²) in [6.07, 6.45) is 0. The Morgan fingerprint density at radius 1 is 0.528 bits per heavy atom. The summed E-state index contributed by atoms with van der Waals surface area (Å²) in [5, 5.41) is 21.3. The first-order valence-corrected chi connectivity index (χ1v) is 10.2. The number of ether oxygens (including phenoxy) is 2. The maximum Gasteiger partial charge on any atom is 0.338 e. The summed E-state index contributed by atoms with van der Waals surface area (Å²) >= 11 is 0. The number of hydrogen-bond acceptors (Lipinski definition) is 10. The number of Topliss-reactive ketones (excluding diaryl/α,β-unsaturated/α-hetero) is 2. The number of nitro groups is 2. The Balaban J connectivity index is 1.50. The number of carbonyl (C=O) groups excluding carboxylic acids is 4. The fraction of sp³-hybridized carbons (Fsp3) is 0.0833. The molecule has 0 unspecified atom stereocenters. The van der Waals surface area contributed by atoms with Crippen LogP contribution in [-0.2, 0) is 9.47 Å². The fourth-order valence-electron chi connectivity index (χ4n) is 2.88. The van der Waals surface area contributed by atoms with Gasteiger partial charge in [-0.25, -0.2) is 9.59 Å². The molecule has 0 aliphatic heterocycles. The van der Waals surface area contributed by atoms with Gasteiger partial charge in [-0.2, -0.15) is 0 Å². The maximum absolute atomic E-state index is 12.2. The molecule has 12 heteroatoms. The number of carbonyl (C=O) groups is 4. The Bertz CT molecular complexity index is 1230. The molecule has 3 aromatic rings. The predicted octanol–water partition coefficient (Wildman–Crippen LogP) is 3.58. The number of nitro benzene ring substituents is 2. The molecular weight excluding hydrogens is 476 g/mol. The highest BCUT2D eigenvalue weighted by atomic mass is 16.6. The summed E-state index contributed by atoms with van der Waals surface area (Å²) in [6.45, 7) is -1.18. The molecule has 0 N–H and O–H groups in total. The van der Waals surface area contributed by atoms with Gasteiger partial charge in [0.15, 0.2) is 24.8 Å². The lowest BCUT2D eigenvalue weighted by Crippen LogP contribution is -2.15. The van der Waals surface area contributed by atoms with E-state index in [1.165, 1.54) is 48.5 Å². The van der Waals surface area contributed by atoms with Crippen LogP contribution in [0.15, 0.2) is 72.8 Å². The zero-order chi connectivity index (χ0) is 26.2. The Hall–Kier alpha value is -5.26. The first-order valence-electron chi connectivity index (χ1n) is 10.2. The van der Waals surface area contributed by atoms with Gasteiger partial charge in [0.1, 0.15) is 0 Å². The molecule has 0 fully saturated rings. The van der Waals surface area contributed by atoms with Crippen LogP contribution < -0.4 is 0 Å². The normalized spacial score (nSPS) is 10.2.